The molecule has 0 aliphatic heterocycles. The summed E-state index contributed by atoms with van der Waals surface area (Å²) >= 11 is 0. The molecule has 0 atom stereocenters. The first-order chi connectivity index (χ1) is 11.2. The number of phenolic OH excluding ortho intramolecular Hbond substituents is 1. The molecule has 0 aliphatic carbocycles. The maximum atomic E-state index is 11.6. The van der Waals surface area contributed by atoms with E-state index >= 15 is 0 Å². The lowest BCUT2D eigenvalue weighted by atomic mass is 10.1. The topological polar surface area (TPSA) is 61.7 Å². The van der Waals surface area contributed by atoms with Crippen molar-refractivity contribution >= 4 is 12.1 Å². The van der Waals surface area contributed by atoms with Crippen molar-refractivity contribution in [3.63, 3.8) is 0 Å². The van der Waals surface area contributed by atoms with Crippen LogP contribution in [0.3, 0.4) is 0 Å². The van der Waals surface area contributed by atoms with Crippen LogP contribution in [-0.4, -0.2) is 17.2 Å². The van der Waals surface area contributed by atoms with Crippen molar-refractivity contribution < 1.29 is 9.90 Å². The Morgan fingerprint density at radius 2 is 1.65 bits per heavy atom. The second kappa shape index (κ2) is 12.7. The van der Waals surface area contributed by atoms with Crippen molar-refractivity contribution in [3.8, 4) is 5.75 Å². The lowest BCUT2D eigenvalue weighted by Crippen LogP contribution is -2.16. The Balaban J connectivity index is 2.01. The minimum absolute atomic E-state index is 0.0698. The fraction of sp³-hybridized carbons (Fsp3) is 0.579. The molecule has 1 aromatic rings. The number of rotatable bonds is 12. The number of benzene rings is 1. The highest BCUT2D eigenvalue weighted by atomic mass is 16.3. The van der Waals surface area contributed by atoms with Gasteiger partial charge in [0.2, 0.25) is 5.91 Å². The summed E-state index contributed by atoms with van der Waals surface area (Å²) in [6.45, 7) is 2.23. The Hall–Kier alpha value is -1.84. The second-order valence-corrected chi connectivity index (χ2v) is 5.93. The van der Waals surface area contributed by atoms with E-state index in [1.165, 1.54) is 51.2 Å². The summed E-state index contributed by atoms with van der Waals surface area (Å²) in [6, 6.07) is 6.89. The monoisotopic (exact) mass is 318 g/mol. The summed E-state index contributed by atoms with van der Waals surface area (Å²) in [4.78, 5) is 11.6. The largest absolute Gasteiger partial charge is 0.507 e. The third-order valence-electron chi connectivity index (χ3n) is 3.84. The summed E-state index contributed by atoms with van der Waals surface area (Å²) in [6.07, 6.45) is 13.1. The molecule has 0 aliphatic rings. The van der Waals surface area contributed by atoms with Crippen LogP contribution in [-0.2, 0) is 4.79 Å². The summed E-state index contributed by atoms with van der Waals surface area (Å²) in [7, 11) is 0. The summed E-state index contributed by atoms with van der Waals surface area (Å²) in [5.41, 5.74) is 3.10. The van der Waals surface area contributed by atoms with Gasteiger partial charge in [-0.25, -0.2) is 5.43 Å². The normalized spacial score (nSPS) is 11.0. The van der Waals surface area contributed by atoms with Gasteiger partial charge in [0.25, 0.3) is 0 Å². The standard InChI is InChI=1S/C19H30N2O2/c1-2-3-4-5-6-7-8-9-10-15-19(23)21-20-16-17-13-11-12-14-18(17)22/h11-14,16,22H,2-10,15H2,1H3,(H,21,23). The molecule has 0 aromatic heterocycles. The number of carbonyl (C=O) groups is 1. The van der Waals surface area contributed by atoms with Crippen LogP contribution < -0.4 is 5.43 Å². The number of phenols is 1. The molecule has 1 rings (SSSR count). The van der Waals surface area contributed by atoms with Gasteiger partial charge in [0.05, 0.1) is 6.21 Å². The number of hydrogen-bond acceptors (Lipinski definition) is 3. The maximum Gasteiger partial charge on any atom is 0.240 e. The minimum atomic E-state index is -0.0698. The Kier molecular flexibility index (Phi) is 10.6. The average molecular weight is 318 g/mol. The van der Waals surface area contributed by atoms with Crippen LogP contribution >= 0.6 is 0 Å². The molecule has 0 spiro atoms. The van der Waals surface area contributed by atoms with E-state index in [9.17, 15) is 9.90 Å². The fourth-order valence-electron chi connectivity index (χ4n) is 2.42. The zero-order valence-electron chi connectivity index (χ0n) is 14.3. The zero-order chi connectivity index (χ0) is 16.8. The van der Waals surface area contributed by atoms with Crippen LogP contribution in [0.2, 0.25) is 0 Å². The molecule has 0 bridgehead atoms. The number of hydrazone groups is 1. The van der Waals surface area contributed by atoms with Gasteiger partial charge in [-0.2, -0.15) is 5.10 Å². The van der Waals surface area contributed by atoms with Gasteiger partial charge < -0.3 is 5.11 Å². The van der Waals surface area contributed by atoms with Crippen LogP contribution in [0.25, 0.3) is 0 Å². The number of nitrogens with zero attached hydrogens (tertiary/aromatic N) is 1. The van der Waals surface area contributed by atoms with Crippen LogP contribution in [0.15, 0.2) is 29.4 Å². The van der Waals surface area contributed by atoms with Gasteiger partial charge in [-0.3, -0.25) is 4.79 Å². The average Bonchev–Trinajstić information content (AvgIpc) is 2.55. The molecule has 128 valence electrons. The smallest absolute Gasteiger partial charge is 0.240 e. The van der Waals surface area contributed by atoms with Crippen molar-refractivity contribution in [3.05, 3.63) is 29.8 Å². The quantitative estimate of drug-likeness (QED) is 0.331. The van der Waals surface area contributed by atoms with E-state index in [2.05, 4.69) is 17.5 Å². The van der Waals surface area contributed by atoms with Gasteiger partial charge >= 0.3 is 0 Å². The molecule has 0 heterocycles. The lowest BCUT2D eigenvalue weighted by Gasteiger charge is -2.02. The van der Waals surface area contributed by atoms with Gasteiger partial charge in [0, 0.05) is 12.0 Å². The Morgan fingerprint density at radius 3 is 2.30 bits per heavy atom. The number of hydrogen-bond donors (Lipinski definition) is 2. The van der Waals surface area contributed by atoms with E-state index in [1.54, 1.807) is 18.2 Å². The van der Waals surface area contributed by atoms with Crippen LogP contribution in [0, 0.1) is 0 Å². The highest BCUT2D eigenvalue weighted by Crippen LogP contribution is 2.12. The molecule has 4 nitrogen and oxygen atoms in total. The third kappa shape index (κ3) is 9.72. The molecular weight excluding hydrogens is 288 g/mol. The predicted octanol–water partition coefficient (Wildman–Crippen LogP) is 4.76. The van der Waals surface area contributed by atoms with E-state index in [1.807, 2.05) is 6.07 Å². The number of para-hydroxylation sites is 1. The molecular formula is C19H30N2O2. The van der Waals surface area contributed by atoms with Gasteiger partial charge in [-0.1, -0.05) is 70.4 Å². The molecule has 0 unspecified atom stereocenters. The predicted molar refractivity (Wildman–Crippen MR) is 95.7 cm³/mol. The fourth-order valence-corrected chi connectivity index (χ4v) is 2.42. The van der Waals surface area contributed by atoms with Gasteiger partial charge in [0.15, 0.2) is 0 Å². The number of carbonyl (C=O) groups excluding carboxylic acids is 1. The summed E-state index contributed by atoms with van der Waals surface area (Å²) < 4.78 is 0. The van der Waals surface area contributed by atoms with E-state index in [0.717, 1.165) is 12.8 Å². The summed E-state index contributed by atoms with van der Waals surface area (Å²) in [5.74, 6) is 0.0871. The molecule has 1 amide bonds. The maximum absolute atomic E-state index is 11.6. The van der Waals surface area contributed by atoms with Crippen LogP contribution in [0.1, 0.15) is 76.7 Å². The summed E-state index contributed by atoms with van der Waals surface area (Å²) in [5, 5.41) is 13.4. The lowest BCUT2D eigenvalue weighted by molar-refractivity contribution is -0.121. The molecule has 0 saturated heterocycles. The molecule has 0 fully saturated rings. The Bertz CT molecular complexity index is 472. The van der Waals surface area contributed by atoms with E-state index in [-0.39, 0.29) is 11.7 Å². The molecule has 0 radical (unpaired) electrons. The highest BCUT2D eigenvalue weighted by Gasteiger charge is 2.00. The molecule has 1 aromatic carbocycles. The second-order valence-electron chi connectivity index (χ2n) is 5.93. The molecule has 0 saturated carbocycles. The third-order valence-corrected chi connectivity index (χ3v) is 3.84. The van der Waals surface area contributed by atoms with Gasteiger partial charge in [-0.05, 0) is 18.6 Å². The first kappa shape index (κ1) is 19.2. The minimum Gasteiger partial charge on any atom is -0.507 e. The van der Waals surface area contributed by atoms with Gasteiger partial charge in [-0.15, -0.1) is 0 Å². The Labute approximate surface area is 140 Å². The van der Waals surface area contributed by atoms with Crippen molar-refractivity contribution in [1.82, 2.24) is 5.43 Å². The van der Waals surface area contributed by atoms with Gasteiger partial charge in [0.1, 0.15) is 5.75 Å². The van der Waals surface area contributed by atoms with Crippen molar-refractivity contribution in [2.45, 2.75) is 71.1 Å². The van der Waals surface area contributed by atoms with Crippen LogP contribution in [0.5, 0.6) is 5.75 Å². The van der Waals surface area contributed by atoms with Crippen molar-refractivity contribution in [2.24, 2.45) is 5.10 Å². The molecule has 23 heavy (non-hydrogen) atoms. The van der Waals surface area contributed by atoms with E-state index in [4.69, 9.17) is 0 Å². The number of aromatic hydroxyl groups is 1. The molecule has 4 heteroatoms. The SMILES string of the molecule is CCCCCCCCCCCC(=O)NN=Cc1ccccc1O. The van der Waals surface area contributed by atoms with E-state index < -0.39 is 0 Å². The zero-order valence-corrected chi connectivity index (χ0v) is 14.3. The first-order valence-corrected chi connectivity index (χ1v) is 8.84. The number of nitrogens with one attached hydrogen (secondary N) is 1. The van der Waals surface area contributed by atoms with E-state index in [0.29, 0.717) is 12.0 Å². The van der Waals surface area contributed by atoms with Crippen molar-refractivity contribution in [2.75, 3.05) is 0 Å². The highest BCUT2D eigenvalue weighted by molar-refractivity contribution is 5.84. The Morgan fingerprint density at radius 1 is 1.04 bits per heavy atom. The first-order valence-electron chi connectivity index (χ1n) is 8.84. The van der Waals surface area contributed by atoms with Crippen LogP contribution in [0.4, 0.5) is 0 Å². The number of amides is 1. The van der Waals surface area contributed by atoms with Crippen molar-refractivity contribution in [1.29, 1.82) is 0 Å². The molecule has 2 N–H and O–H groups in total. The number of unbranched alkanes of at least 4 members (excludes halogenated alkanes) is 8.